The van der Waals surface area contributed by atoms with Crippen molar-refractivity contribution < 1.29 is 34.4 Å². The highest BCUT2D eigenvalue weighted by Gasteiger charge is 2.22. The van der Waals surface area contributed by atoms with Crippen LogP contribution < -0.4 is 15.4 Å². The first-order chi connectivity index (χ1) is 15.8. The largest absolute Gasteiger partial charge is 0.478 e. The van der Waals surface area contributed by atoms with E-state index in [1.807, 2.05) is 31.2 Å². The second-order valence-electron chi connectivity index (χ2n) is 7.11. The van der Waals surface area contributed by atoms with Crippen LogP contribution in [0.2, 0.25) is 0 Å². The number of carboxylic acid groups (broad SMARTS) is 1. The van der Waals surface area contributed by atoms with Gasteiger partial charge in [-0.25, -0.2) is 9.68 Å². The van der Waals surface area contributed by atoms with E-state index >= 15 is 0 Å². The van der Waals surface area contributed by atoms with Crippen LogP contribution in [0.15, 0.2) is 60.7 Å². The van der Waals surface area contributed by atoms with Crippen LogP contribution >= 0.6 is 0 Å². The molecule has 0 aromatic heterocycles. The summed E-state index contributed by atoms with van der Waals surface area (Å²) in [5, 5.41) is 23.3. The van der Waals surface area contributed by atoms with Gasteiger partial charge in [0, 0.05) is 18.3 Å². The van der Waals surface area contributed by atoms with E-state index in [1.165, 1.54) is 7.05 Å². The Kier molecular flexibility index (Phi) is 7.39. The van der Waals surface area contributed by atoms with Gasteiger partial charge in [-0.1, -0.05) is 17.7 Å². The monoisotopic (exact) mass is 450 g/mol. The third kappa shape index (κ3) is 5.73. The Morgan fingerprint density at radius 3 is 2.00 bits per heavy atom. The molecule has 0 atom stereocenters. The van der Waals surface area contributed by atoms with Gasteiger partial charge in [-0.3, -0.25) is 14.8 Å². The molecule has 9 heteroatoms. The molecule has 0 spiro atoms. The minimum Gasteiger partial charge on any atom is -0.478 e. The van der Waals surface area contributed by atoms with Gasteiger partial charge in [-0.2, -0.15) is 0 Å². The number of rotatable bonds is 8. The fraction of sp³-hybridized carbons (Fsp3) is 0.125. The zero-order valence-electron chi connectivity index (χ0n) is 17.9. The minimum absolute atomic E-state index is 0.0207. The van der Waals surface area contributed by atoms with E-state index < -0.39 is 24.4 Å². The highest BCUT2D eigenvalue weighted by atomic mass is 17.1. The number of benzene rings is 3. The van der Waals surface area contributed by atoms with Crippen molar-refractivity contribution >= 4 is 23.5 Å². The van der Waals surface area contributed by atoms with Crippen LogP contribution in [-0.4, -0.2) is 35.2 Å². The molecule has 0 aliphatic carbocycles. The Morgan fingerprint density at radius 2 is 1.45 bits per heavy atom. The SMILES string of the molecule is CNC(=O)c1cc(C(=O)Nc2ccc(Oc3ccc(C)cc3)cc2)c(COO)cc1C(=O)O. The van der Waals surface area contributed by atoms with Gasteiger partial charge in [0.25, 0.3) is 11.8 Å². The van der Waals surface area contributed by atoms with E-state index in [0.29, 0.717) is 17.2 Å². The van der Waals surface area contributed by atoms with Crippen molar-refractivity contribution in [3.8, 4) is 11.5 Å². The number of amides is 2. The van der Waals surface area contributed by atoms with Crippen molar-refractivity contribution in [2.45, 2.75) is 13.5 Å². The molecule has 0 bridgehead atoms. The van der Waals surface area contributed by atoms with Crippen LogP contribution in [0.3, 0.4) is 0 Å². The maximum atomic E-state index is 12.9. The maximum Gasteiger partial charge on any atom is 0.336 e. The number of aromatic carboxylic acids is 1. The Balaban J connectivity index is 1.84. The first-order valence-corrected chi connectivity index (χ1v) is 9.87. The average Bonchev–Trinajstić information content (AvgIpc) is 2.81. The van der Waals surface area contributed by atoms with Crippen molar-refractivity contribution in [2.75, 3.05) is 12.4 Å². The normalized spacial score (nSPS) is 10.4. The summed E-state index contributed by atoms with van der Waals surface area (Å²) >= 11 is 0. The third-order valence-electron chi connectivity index (χ3n) is 4.78. The molecule has 0 saturated heterocycles. The third-order valence-corrected chi connectivity index (χ3v) is 4.78. The number of carbonyl (C=O) groups excluding carboxylic acids is 2. The molecule has 3 aromatic rings. The summed E-state index contributed by atoms with van der Waals surface area (Å²) < 4.78 is 5.76. The molecular weight excluding hydrogens is 428 g/mol. The van der Waals surface area contributed by atoms with E-state index in [9.17, 15) is 19.5 Å². The molecule has 0 radical (unpaired) electrons. The fourth-order valence-electron chi connectivity index (χ4n) is 3.09. The standard InChI is InChI=1S/C24H22N2O7/c1-14-3-7-17(8-4-14)33-18-9-5-16(6-10-18)26-23(28)19-12-20(22(27)25-2)21(24(29)30)11-15(19)13-32-31/h3-12,31H,13H2,1-2H3,(H,25,27)(H,26,28)(H,29,30). The molecule has 0 aliphatic heterocycles. The van der Waals surface area contributed by atoms with Crippen molar-refractivity contribution in [1.29, 1.82) is 0 Å². The van der Waals surface area contributed by atoms with Gasteiger partial charge in [0.1, 0.15) is 18.1 Å². The van der Waals surface area contributed by atoms with Crippen LogP contribution in [0.1, 0.15) is 42.2 Å². The number of aryl methyl sites for hydroxylation is 1. The molecule has 3 rings (SSSR count). The Morgan fingerprint density at radius 1 is 0.848 bits per heavy atom. The number of hydrogen-bond acceptors (Lipinski definition) is 6. The molecule has 4 N–H and O–H groups in total. The lowest BCUT2D eigenvalue weighted by molar-refractivity contribution is -0.253. The molecule has 3 aromatic carbocycles. The molecule has 0 heterocycles. The summed E-state index contributed by atoms with van der Waals surface area (Å²) in [6.07, 6.45) is 0. The van der Waals surface area contributed by atoms with Gasteiger partial charge >= 0.3 is 5.97 Å². The van der Waals surface area contributed by atoms with Crippen LogP contribution in [-0.2, 0) is 11.5 Å². The van der Waals surface area contributed by atoms with Gasteiger partial charge in [-0.15, -0.1) is 0 Å². The number of hydrogen-bond donors (Lipinski definition) is 4. The van der Waals surface area contributed by atoms with Crippen molar-refractivity contribution in [3.05, 3.63) is 88.5 Å². The number of nitrogens with one attached hydrogen (secondary N) is 2. The number of carbonyl (C=O) groups is 3. The van der Waals surface area contributed by atoms with Gasteiger partial charge in [0.05, 0.1) is 11.1 Å². The lowest BCUT2D eigenvalue weighted by Crippen LogP contribution is -2.24. The second-order valence-corrected chi connectivity index (χ2v) is 7.11. The highest BCUT2D eigenvalue weighted by Crippen LogP contribution is 2.25. The first kappa shape index (κ1) is 23.5. The summed E-state index contributed by atoms with van der Waals surface area (Å²) in [4.78, 5) is 40.7. The lowest BCUT2D eigenvalue weighted by Gasteiger charge is -2.14. The first-order valence-electron chi connectivity index (χ1n) is 9.87. The predicted octanol–water partition coefficient (Wildman–Crippen LogP) is 4.09. The molecule has 9 nitrogen and oxygen atoms in total. The zero-order valence-corrected chi connectivity index (χ0v) is 17.9. The summed E-state index contributed by atoms with van der Waals surface area (Å²) in [5.74, 6) is -1.40. The van der Waals surface area contributed by atoms with Gasteiger partial charge in [0.2, 0.25) is 0 Å². The molecule has 0 saturated carbocycles. The van der Waals surface area contributed by atoms with Crippen molar-refractivity contribution in [1.82, 2.24) is 5.32 Å². The molecule has 2 amide bonds. The quantitative estimate of drug-likeness (QED) is 0.300. The number of ether oxygens (including phenoxy) is 1. The topological polar surface area (TPSA) is 134 Å². The van der Waals surface area contributed by atoms with E-state index in [0.717, 1.165) is 17.7 Å². The van der Waals surface area contributed by atoms with Crippen LogP contribution in [0, 0.1) is 6.92 Å². The zero-order chi connectivity index (χ0) is 24.0. The molecule has 0 unspecified atom stereocenters. The van der Waals surface area contributed by atoms with Gasteiger partial charge in [0.15, 0.2) is 0 Å². The van der Waals surface area contributed by atoms with Crippen molar-refractivity contribution in [2.24, 2.45) is 0 Å². The molecule has 0 fully saturated rings. The summed E-state index contributed by atoms with van der Waals surface area (Å²) in [5.41, 5.74) is 1.11. The van der Waals surface area contributed by atoms with E-state index in [1.54, 1.807) is 24.3 Å². The van der Waals surface area contributed by atoms with Crippen LogP contribution in [0.25, 0.3) is 0 Å². The molecule has 0 aliphatic rings. The summed E-state index contributed by atoms with van der Waals surface area (Å²) in [6, 6.07) is 16.5. The number of anilines is 1. The molecule has 33 heavy (non-hydrogen) atoms. The predicted molar refractivity (Wildman–Crippen MR) is 120 cm³/mol. The highest BCUT2D eigenvalue weighted by molar-refractivity contribution is 6.10. The Hall–Kier alpha value is -4.21. The molecule has 170 valence electrons. The maximum absolute atomic E-state index is 12.9. The Bertz CT molecular complexity index is 1170. The van der Waals surface area contributed by atoms with Gasteiger partial charge in [-0.05, 0) is 61.0 Å². The summed E-state index contributed by atoms with van der Waals surface area (Å²) in [6.45, 7) is 1.53. The average molecular weight is 450 g/mol. The number of carboxylic acids is 1. The van der Waals surface area contributed by atoms with E-state index in [4.69, 9.17) is 9.99 Å². The summed E-state index contributed by atoms with van der Waals surface area (Å²) in [7, 11) is 1.35. The van der Waals surface area contributed by atoms with E-state index in [-0.39, 0.29) is 22.3 Å². The van der Waals surface area contributed by atoms with Gasteiger partial charge < -0.3 is 20.5 Å². The second kappa shape index (κ2) is 10.4. The smallest absolute Gasteiger partial charge is 0.336 e. The van der Waals surface area contributed by atoms with Crippen LogP contribution in [0.5, 0.6) is 11.5 Å². The fourth-order valence-corrected chi connectivity index (χ4v) is 3.09. The molecular formula is C24H22N2O7. The Labute approximate surface area is 189 Å². The minimum atomic E-state index is -1.36. The van der Waals surface area contributed by atoms with Crippen LogP contribution in [0.4, 0.5) is 5.69 Å². The van der Waals surface area contributed by atoms with E-state index in [2.05, 4.69) is 15.5 Å². The van der Waals surface area contributed by atoms with Crippen molar-refractivity contribution in [3.63, 3.8) is 0 Å². The lowest BCUT2D eigenvalue weighted by atomic mass is 9.97.